The van der Waals surface area contributed by atoms with Gasteiger partial charge in [-0.25, -0.2) is 4.98 Å². The number of rotatable bonds is 5. The van der Waals surface area contributed by atoms with Gasteiger partial charge in [0.1, 0.15) is 5.82 Å². The van der Waals surface area contributed by atoms with Gasteiger partial charge in [-0.3, -0.25) is 4.99 Å². The monoisotopic (exact) mass is 347 g/mol. The molecule has 2 N–H and O–H groups in total. The van der Waals surface area contributed by atoms with Crippen molar-refractivity contribution >= 4 is 23.5 Å². The van der Waals surface area contributed by atoms with E-state index in [0.717, 1.165) is 36.7 Å². The lowest BCUT2D eigenvalue weighted by Crippen LogP contribution is -2.42. The predicted molar refractivity (Wildman–Crippen MR) is 104 cm³/mol. The van der Waals surface area contributed by atoms with E-state index >= 15 is 0 Å². The molecule has 1 aromatic rings. The van der Waals surface area contributed by atoms with E-state index in [9.17, 15) is 0 Å². The molecule has 2 atom stereocenters. The fraction of sp³-hybridized carbons (Fsp3) is 0.667. The predicted octanol–water partition coefficient (Wildman–Crippen LogP) is 2.63. The van der Waals surface area contributed by atoms with Crippen molar-refractivity contribution in [2.75, 3.05) is 31.3 Å². The topological polar surface area (TPSA) is 52.6 Å². The highest BCUT2D eigenvalue weighted by Crippen LogP contribution is 2.28. The standard InChI is InChI=1S/C18H29N5S/c1-19-18(22-15-5-6-16(12-15)24-2)21-13-14-7-8-20-17(11-14)23-9-3-4-10-23/h7-8,11,15-16H,3-6,9-10,12-13H2,1-2H3,(H2,19,21,22). The zero-order valence-corrected chi connectivity index (χ0v) is 15.6. The van der Waals surface area contributed by atoms with Crippen LogP contribution in [0.15, 0.2) is 23.3 Å². The van der Waals surface area contributed by atoms with E-state index in [1.807, 2.05) is 25.0 Å². The second-order valence-corrected chi connectivity index (χ2v) is 7.79. The van der Waals surface area contributed by atoms with E-state index in [0.29, 0.717) is 6.04 Å². The van der Waals surface area contributed by atoms with Gasteiger partial charge in [-0.15, -0.1) is 0 Å². The van der Waals surface area contributed by atoms with Crippen molar-refractivity contribution in [2.45, 2.75) is 49.9 Å². The first-order valence-electron chi connectivity index (χ1n) is 8.98. The van der Waals surface area contributed by atoms with E-state index in [2.05, 4.69) is 43.9 Å². The summed E-state index contributed by atoms with van der Waals surface area (Å²) in [5, 5.41) is 7.81. The van der Waals surface area contributed by atoms with Crippen LogP contribution >= 0.6 is 11.8 Å². The van der Waals surface area contributed by atoms with Crippen LogP contribution in [0.25, 0.3) is 0 Å². The third-order valence-electron chi connectivity index (χ3n) is 4.98. The molecule has 24 heavy (non-hydrogen) atoms. The van der Waals surface area contributed by atoms with Crippen LogP contribution in [0.4, 0.5) is 5.82 Å². The maximum atomic E-state index is 4.52. The highest BCUT2D eigenvalue weighted by molar-refractivity contribution is 7.99. The molecule has 0 bridgehead atoms. The lowest BCUT2D eigenvalue weighted by atomic mass is 10.2. The minimum Gasteiger partial charge on any atom is -0.357 e. The van der Waals surface area contributed by atoms with Gasteiger partial charge in [-0.2, -0.15) is 11.8 Å². The number of nitrogens with zero attached hydrogens (tertiary/aromatic N) is 3. The molecule has 5 nitrogen and oxygen atoms in total. The van der Waals surface area contributed by atoms with Gasteiger partial charge in [0.15, 0.2) is 5.96 Å². The SMILES string of the molecule is CN=C(NCc1ccnc(N2CCCC2)c1)NC1CCC(SC)C1. The van der Waals surface area contributed by atoms with Crippen LogP contribution in [0.5, 0.6) is 0 Å². The van der Waals surface area contributed by atoms with Gasteiger partial charge in [-0.05, 0) is 56.1 Å². The average Bonchev–Trinajstić information content (AvgIpc) is 3.30. The lowest BCUT2D eigenvalue weighted by molar-refractivity contribution is 0.614. The van der Waals surface area contributed by atoms with Crippen molar-refractivity contribution in [3.8, 4) is 0 Å². The summed E-state index contributed by atoms with van der Waals surface area (Å²) < 4.78 is 0. The normalized spacial score (nSPS) is 24.4. The van der Waals surface area contributed by atoms with Crippen molar-refractivity contribution < 1.29 is 0 Å². The van der Waals surface area contributed by atoms with Gasteiger partial charge in [0.2, 0.25) is 0 Å². The summed E-state index contributed by atoms with van der Waals surface area (Å²) in [6.45, 7) is 3.04. The van der Waals surface area contributed by atoms with Crippen LogP contribution in [0.3, 0.4) is 0 Å². The molecular formula is C18H29N5S. The molecule has 1 aromatic heterocycles. The number of hydrogen-bond acceptors (Lipinski definition) is 4. The van der Waals surface area contributed by atoms with E-state index in [-0.39, 0.29) is 0 Å². The molecule has 2 fully saturated rings. The molecule has 2 aliphatic rings. The first-order valence-corrected chi connectivity index (χ1v) is 10.3. The van der Waals surface area contributed by atoms with Gasteiger partial charge in [0.25, 0.3) is 0 Å². The van der Waals surface area contributed by atoms with E-state index in [1.165, 1.54) is 37.7 Å². The van der Waals surface area contributed by atoms with Crippen molar-refractivity contribution in [1.29, 1.82) is 0 Å². The second kappa shape index (κ2) is 8.60. The van der Waals surface area contributed by atoms with Crippen LogP contribution in [-0.2, 0) is 6.54 Å². The highest BCUT2D eigenvalue weighted by Gasteiger charge is 2.24. The molecule has 1 aliphatic carbocycles. The number of thioether (sulfide) groups is 1. The van der Waals surface area contributed by atoms with Crippen LogP contribution < -0.4 is 15.5 Å². The lowest BCUT2D eigenvalue weighted by Gasteiger charge is -2.19. The van der Waals surface area contributed by atoms with Crippen molar-refractivity contribution in [1.82, 2.24) is 15.6 Å². The van der Waals surface area contributed by atoms with Crippen molar-refractivity contribution in [2.24, 2.45) is 4.99 Å². The van der Waals surface area contributed by atoms with Gasteiger partial charge in [-0.1, -0.05) is 0 Å². The third kappa shape index (κ3) is 4.56. The van der Waals surface area contributed by atoms with E-state index in [1.54, 1.807) is 0 Å². The molecule has 1 saturated heterocycles. The van der Waals surface area contributed by atoms with Crippen LogP contribution in [0.1, 0.15) is 37.7 Å². The summed E-state index contributed by atoms with van der Waals surface area (Å²) in [6.07, 6.45) is 10.5. The molecule has 132 valence electrons. The Balaban J connectivity index is 1.51. The average molecular weight is 348 g/mol. The third-order valence-corrected chi connectivity index (χ3v) is 6.08. The molecule has 3 rings (SSSR count). The minimum atomic E-state index is 0.547. The van der Waals surface area contributed by atoms with Crippen LogP contribution in [0.2, 0.25) is 0 Å². The molecule has 0 spiro atoms. The summed E-state index contributed by atoms with van der Waals surface area (Å²) in [4.78, 5) is 11.3. The number of guanidine groups is 1. The van der Waals surface area contributed by atoms with E-state index in [4.69, 9.17) is 0 Å². The highest BCUT2D eigenvalue weighted by atomic mass is 32.2. The number of aromatic nitrogens is 1. The number of nitrogens with one attached hydrogen (secondary N) is 2. The summed E-state index contributed by atoms with van der Waals surface area (Å²) in [5.41, 5.74) is 1.25. The van der Waals surface area contributed by atoms with Gasteiger partial charge >= 0.3 is 0 Å². The minimum absolute atomic E-state index is 0.547. The first kappa shape index (κ1) is 17.4. The number of aliphatic imine (C=N–C) groups is 1. The Morgan fingerprint density at radius 2 is 2.21 bits per heavy atom. The molecule has 1 aliphatic heterocycles. The van der Waals surface area contributed by atoms with E-state index < -0.39 is 0 Å². The largest absolute Gasteiger partial charge is 0.357 e. The molecule has 2 unspecified atom stereocenters. The second-order valence-electron chi connectivity index (χ2n) is 6.65. The summed E-state index contributed by atoms with van der Waals surface area (Å²) in [5.74, 6) is 2.01. The molecule has 1 saturated carbocycles. The van der Waals surface area contributed by atoms with Crippen molar-refractivity contribution in [3.05, 3.63) is 23.9 Å². The Morgan fingerprint density at radius 3 is 2.92 bits per heavy atom. The molecule has 0 aromatic carbocycles. The van der Waals surface area contributed by atoms with Crippen molar-refractivity contribution in [3.63, 3.8) is 0 Å². The zero-order valence-electron chi connectivity index (χ0n) is 14.8. The Morgan fingerprint density at radius 1 is 1.38 bits per heavy atom. The number of hydrogen-bond donors (Lipinski definition) is 2. The Bertz CT molecular complexity index is 556. The maximum Gasteiger partial charge on any atom is 0.191 e. The molecule has 0 amide bonds. The summed E-state index contributed by atoms with van der Waals surface area (Å²) >= 11 is 1.98. The smallest absolute Gasteiger partial charge is 0.191 e. The Hall–Kier alpha value is -1.43. The fourth-order valence-electron chi connectivity index (χ4n) is 3.55. The molecular weight excluding hydrogens is 318 g/mol. The first-order chi connectivity index (χ1) is 11.8. The molecule has 0 radical (unpaired) electrons. The Labute approximate surface area is 149 Å². The maximum absolute atomic E-state index is 4.52. The molecule has 6 heteroatoms. The zero-order chi connectivity index (χ0) is 16.8. The quantitative estimate of drug-likeness (QED) is 0.633. The van der Waals surface area contributed by atoms with Gasteiger partial charge in [0.05, 0.1) is 0 Å². The summed E-state index contributed by atoms with van der Waals surface area (Å²) in [7, 11) is 1.85. The summed E-state index contributed by atoms with van der Waals surface area (Å²) in [6, 6.07) is 4.83. The van der Waals surface area contributed by atoms with Gasteiger partial charge < -0.3 is 15.5 Å². The number of anilines is 1. The molecule has 2 heterocycles. The van der Waals surface area contributed by atoms with Gasteiger partial charge in [0, 0.05) is 44.2 Å². The Kier molecular flexibility index (Phi) is 6.24. The number of pyridine rings is 1. The fourth-order valence-corrected chi connectivity index (χ4v) is 4.35. The van der Waals surface area contributed by atoms with Crippen LogP contribution in [0, 0.1) is 0 Å². The van der Waals surface area contributed by atoms with Crippen LogP contribution in [-0.4, -0.2) is 48.6 Å².